The van der Waals surface area contributed by atoms with Gasteiger partial charge in [0.25, 0.3) is 0 Å². The number of aromatic nitrogens is 5. The lowest BCUT2D eigenvalue weighted by molar-refractivity contribution is 0.533. The number of rotatable bonds is 6. The summed E-state index contributed by atoms with van der Waals surface area (Å²) >= 11 is 0. The number of hydrogen-bond acceptors (Lipinski definition) is 4. The van der Waals surface area contributed by atoms with E-state index in [1.807, 2.05) is 29.0 Å². The fourth-order valence-electron chi connectivity index (χ4n) is 4.41. The van der Waals surface area contributed by atoms with Crippen molar-refractivity contribution in [2.24, 2.45) is 0 Å². The lowest BCUT2D eigenvalue weighted by atomic mass is 9.91. The quantitative estimate of drug-likeness (QED) is 0.339. The summed E-state index contributed by atoms with van der Waals surface area (Å²) in [6, 6.07) is 10.4. The minimum atomic E-state index is -0.0190. The third-order valence-electron chi connectivity index (χ3n) is 6.32. The Morgan fingerprint density at radius 2 is 1.62 bits per heavy atom. The topological polar surface area (TPSA) is 56.0 Å². The molecule has 4 heterocycles. The van der Waals surface area contributed by atoms with Gasteiger partial charge in [-0.05, 0) is 55.0 Å². The van der Waals surface area contributed by atoms with E-state index in [-0.39, 0.29) is 5.41 Å². The molecule has 5 nitrogen and oxygen atoms in total. The van der Waals surface area contributed by atoms with Gasteiger partial charge in [0.1, 0.15) is 5.82 Å². The molecular weight excluding hydrogens is 394 g/mol. The molecule has 4 rings (SSSR count). The van der Waals surface area contributed by atoms with Gasteiger partial charge in [0, 0.05) is 34.8 Å². The van der Waals surface area contributed by atoms with E-state index in [4.69, 9.17) is 9.97 Å². The van der Waals surface area contributed by atoms with Crippen molar-refractivity contribution in [2.45, 2.75) is 84.5 Å². The molecule has 4 aromatic rings. The molecule has 168 valence electrons. The molecule has 0 amide bonds. The highest BCUT2D eigenvalue weighted by Crippen LogP contribution is 2.33. The van der Waals surface area contributed by atoms with Crippen molar-refractivity contribution in [1.29, 1.82) is 0 Å². The Hall–Kier alpha value is -2.82. The predicted molar refractivity (Wildman–Crippen MR) is 131 cm³/mol. The Labute approximate surface area is 191 Å². The Morgan fingerprint density at radius 1 is 0.906 bits per heavy atom. The molecule has 0 bridgehead atoms. The molecule has 4 aromatic heterocycles. The summed E-state index contributed by atoms with van der Waals surface area (Å²) in [5, 5.41) is 5.78. The van der Waals surface area contributed by atoms with E-state index in [1.165, 1.54) is 0 Å². The molecule has 32 heavy (non-hydrogen) atoms. The molecule has 2 unspecified atom stereocenters. The number of pyridine rings is 2. The first-order chi connectivity index (χ1) is 15.2. The van der Waals surface area contributed by atoms with Gasteiger partial charge >= 0.3 is 0 Å². The van der Waals surface area contributed by atoms with Crippen LogP contribution in [0.1, 0.15) is 102 Å². The monoisotopic (exact) mass is 429 g/mol. The SMILES string of the molecule is CC(C)c1nc(C(C)CCC(C)c2nc(C(C)(C)C)c3cccnn23)cc2ncccc12. The molecule has 5 heteroatoms. The minimum Gasteiger partial charge on any atom is -0.257 e. The van der Waals surface area contributed by atoms with Gasteiger partial charge in [0.15, 0.2) is 0 Å². The maximum Gasteiger partial charge on any atom is 0.133 e. The van der Waals surface area contributed by atoms with Gasteiger partial charge in [0.05, 0.1) is 22.4 Å². The molecule has 0 aliphatic rings. The van der Waals surface area contributed by atoms with Crippen LogP contribution in [0.2, 0.25) is 0 Å². The lowest BCUT2D eigenvalue weighted by Gasteiger charge is -2.18. The Morgan fingerprint density at radius 3 is 2.34 bits per heavy atom. The first kappa shape index (κ1) is 22.4. The Kier molecular flexibility index (Phi) is 6.02. The van der Waals surface area contributed by atoms with Gasteiger partial charge in [-0.3, -0.25) is 9.97 Å². The first-order valence-electron chi connectivity index (χ1n) is 11.8. The zero-order chi connectivity index (χ0) is 23.0. The molecule has 0 radical (unpaired) electrons. The van der Waals surface area contributed by atoms with Crippen LogP contribution in [0, 0.1) is 0 Å². The van der Waals surface area contributed by atoms with Gasteiger partial charge in [-0.25, -0.2) is 9.50 Å². The highest BCUT2D eigenvalue weighted by atomic mass is 15.3. The second kappa shape index (κ2) is 8.61. The third kappa shape index (κ3) is 4.25. The molecule has 0 N–H and O–H groups in total. The van der Waals surface area contributed by atoms with Crippen molar-refractivity contribution < 1.29 is 0 Å². The van der Waals surface area contributed by atoms with Crippen LogP contribution in [-0.4, -0.2) is 24.6 Å². The van der Waals surface area contributed by atoms with Crippen LogP contribution in [0.25, 0.3) is 16.4 Å². The van der Waals surface area contributed by atoms with E-state index in [0.29, 0.717) is 17.8 Å². The van der Waals surface area contributed by atoms with Crippen molar-refractivity contribution in [2.75, 3.05) is 0 Å². The Balaban J connectivity index is 1.58. The zero-order valence-corrected chi connectivity index (χ0v) is 20.4. The molecule has 0 spiro atoms. The summed E-state index contributed by atoms with van der Waals surface area (Å²) in [5.41, 5.74) is 5.52. The lowest BCUT2D eigenvalue weighted by Crippen LogP contribution is -2.12. The van der Waals surface area contributed by atoms with Crippen molar-refractivity contribution in [3.63, 3.8) is 0 Å². The summed E-state index contributed by atoms with van der Waals surface area (Å²) in [5.74, 6) is 2.07. The van der Waals surface area contributed by atoms with E-state index in [9.17, 15) is 0 Å². The number of nitrogens with zero attached hydrogens (tertiary/aromatic N) is 5. The average molecular weight is 430 g/mol. The second-order valence-corrected chi connectivity index (χ2v) is 10.4. The van der Waals surface area contributed by atoms with Gasteiger partial charge in [0.2, 0.25) is 0 Å². The van der Waals surface area contributed by atoms with Crippen LogP contribution in [0.15, 0.2) is 42.7 Å². The van der Waals surface area contributed by atoms with Gasteiger partial charge < -0.3 is 0 Å². The zero-order valence-electron chi connectivity index (χ0n) is 20.4. The van der Waals surface area contributed by atoms with Crippen molar-refractivity contribution in [1.82, 2.24) is 24.6 Å². The highest BCUT2D eigenvalue weighted by Gasteiger charge is 2.25. The summed E-state index contributed by atoms with van der Waals surface area (Å²) in [6.45, 7) is 15.6. The molecule has 0 fully saturated rings. The Bertz CT molecular complexity index is 1230. The molecule has 0 aliphatic carbocycles. The van der Waals surface area contributed by atoms with E-state index < -0.39 is 0 Å². The fraction of sp³-hybridized carbons (Fsp3) is 0.481. The van der Waals surface area contributed by atoms with Crippen molar-refractivity contribution >= 4 is 16.4 Å². The predicted octanol–water partition coefficient (Wildman–Crippen LogP) is 6.78. The fourth-order valence-corrected chi connectivity index (χ4v) is 4.41. The van der Waals surface area contributed by atoms with Crippen LogP contribution in [0.5, 0.6) is 0 Å². The summed E-state index contributed by atoms with van der Waals surface area (Å²) in [6.07, 6.45) is 5.78. The highest BCUT2D eigenvalue weighted by molar-refractivity contribution is 5.81. The molecular formula is C27H35N5. The second-order valence-electron chi connectivity index (χ2n) is 10.4. The first-order valence-corrected chi connectivity index (χ1v) is 11.8. The van der Waals surface area contributed by atoms with Crippen LogP contribution >= 0.6 is 0 Å². The standard InChI is InChI=1S/C27H35N5/c1-17(2)24-20-10-8-14-28-22(20)16-21(30-24)18(3)12-13-19(4)26-31-25(27(5,6)7)23-11-9-15-29-32(23)26/h8-11,14-19H,12-13H2,1-7H3. The van der Waals surface area contributed by atoms with E-state index >= 15 is 0 Å². The van der Waals surface area contributed by atoms with Crippen molar-refractivity contribution in [3.8, 4) is 0 Å². The normalized spacial score (nSPS) is 14.4. The summed E-state index contributed by atoms with van der Waals surface area (Å²) in [7, 11) is 0. The van der Waals surface area contributed by atoms with Gasteiger partial charge in [-0.2, -0.15) is 5.10 Å². The van der Waals surface area contributed by atoms with Crippen LogP contribution in [0.4, 0.5) is 0 Å². The molecule has 0 aromatic carbocycles. The van der Waals surface area contributed by atoms with Crippen LogP contribution in [0.3, 0.4) is 0 Å². The summed E-state index contributed by atoms with van der Waals surface area (Å²) < 4.78 is 2.03. The minimum absolute atomic E-state index is 0.0190. The number of hydrogen-bond donors (Lipinski definition) is 0. The van der Waals surface area contributed by atoms with Gasteiger partial charge in [-0.1, -0.05) is 48.5 Å². The molecule has 0 saturated carbocycles. The largest absolute Gasteiger partial charge is 0.257 e. The number of fused-ring (bicyclic) bond motifs is 2. The molecule has 0 aliphatic heterocycles. The van der Waals surface area contributed by atoms with Gasteiger partial charge in [-0.15, -0.1) is 0 Å². The average Bonchev–Trinajstić information content (AvgIpc) is 3.16. The smallest absolute Gasteiger partial charge is 0.133 e. The number of imidazole rings is 1. The molecule has 2 atom stereocenters. The van der Waals surface area contributed by atoms with E-state index in [1.54, 1.807) is 0 Å². The van der Waals surface area contributed by atoms with Crippen molar-refractivity contribution in [3.05, 3.63) is 65.6 Å². The summed E-state index contributed by atoms with van der Waals surface area (Å²) in [4.78, 5) is 14.7. The van der Waals surface area contributed by atoms with Crippen LogP contribution in [-0.2, 0) is 5.41 Å². The molecule has 0 saturated heterocycles. The maximum atomic E-state index is 5.06. The van der Waals surface area contributed by atoms with Crippen LogP contribution < -0.4 is 0 Å². The third-order valence-corrected chi connectivity index (χ3v) is 6.32. The maximum absolute atomic E-state index is 5.06. The van der Waals surface area contributed by atoms with E-state index in [0.717, 1.165) is 52.2 Å². The van der Waals surface area contributed by atoms with E-state index in [2.05, 4.69) is 76.7 Å².